The third-order valence-electron chi connectivity index (χ3n) is 4.11. The van der Waals surface area contributed by atoms with E-state index in [1.165, 1.54) is 11.6 Å². The fourth-order valence-electron chi connectivity index (χ4n) is 2.85. The molecule has 0 amide bonds. The van der Waals surface area contributed by atoms with Gasteiger partial charge in [-0.05, 0) is 55.5 Å². The average Bonchev–Trinajstić information content (AvgIpc) is 2.82. The minimum absolute atomic E-state index is 0.118. The lowest BCUT2D eigenvalue weighted by Gasteiger charge is -2.29. The molecule has 1 heterocycles. The van der Waals surface area contributed by atoms with Gasteiger partial charge >= 0.3 is 0 Å². The van der Waals surface area contributed by atoms with Crippen molar-refractivity contribution in [2.24, 2.45) is 11.3 Å². The predicted octanol–water partition coefficient (Wildman–Crippen LogP) is 3.33. The maximum absolute atomic E-state index is 13.5. The van der Waals surface area contributed by atoms with Gasteiger partial charge in [0.25, 0.3) is 0 Å². The van der Waals surface area contributed by atoms with E-state index in [-0.39, 0.29) is 11.2 Å². The molecule has 3 heteroatoms. The lowest BCUT2D eigenvalue weighted by Crippen LogP contribution is -2.38. The zero-order chi connectivity index (χ0) is 14.6. The van der Waals surface area contributed by atoms with E-state index < -0.39 is 0 Å². The van der Waals surface area contributed by atoms with Crippen LogP contribution >= 0.6 is 0 Å². The summed E-state index contributed by atoms with van der Waals surface area (Å²) in [5.74, 6) is 0.500. The fourth-order valence-corrected chi connectivity index (χ4v) is 2.85. The van der Waals surface area contributed by atoms with Gasteiger partial charge in [-0.2, -0.15) is 0 Å². The normalized spacial score (nSPS) is 22.6. The number of ether oxygens (including phenoxy) is 1. The number of rotatable bonds is 6. The number of halogens is 1. The summed E-state index contributed by atoms with van der Waals surface area (Å²) >= 11 is 0. The van der Waals surface area contributed by atoms with Gasteiger partial charge in [0.1, 0.15) is 5.82 Å². The Bertz CT molecular complexity index is 439. The van der Waals surface area contributed by atoms with E-state index >= 15 is 0 Å². The van der Waals surface area contributed by atoms with Gasteiger partial charge in [0.2, 0.25) is 0 Å². The van der Waals surface area contributed by atoms with Crippen LogP contribution in [0.5, 0.6) is 0 Å². The maximum Gasteiger partial charge on any atom is 0.123 e. The number of nitrogens with one attached hydrogen (secondary N) is 1. The molecule has 0 aliphatic carbocycles. The van der Waals surface area contributed by atoms with Gasteiger partial charge in [-0.25, -0.2) is 4.39 Å². The molecule has 0 radical (unpaired) electrons. The van der Waals surface area contributed by atoms with Crippen molar-refractivity contribution >= 4 is 0 Å². The molecule has 1 unspecified atom stereocenters. The summed E-state index contributed by atoms with van der Waals surface area (Å²) in [6.45, 7) is 10.0. The molecule has 1 fully saturated rings. The zero-order valence-electron chi connectivity index (χ0n) is 12.8. The second kappa shape index (κ2) is 6.68. The Balaban J connectivity index is 2.06. The van der Waals surface area contributed by atoms with E-state index in [0.717, 1.165) is 44.7 Å². The Morgan fingerprint density at radius 1 is 1.40 bits per heavy atom. The van der Waals surface area contributed by atoms with Gasteiger partial charge < -0.3 is 10.1 Å². The van der Waals surface area contributed by atoms with Crippen LogP contribution in [-0.2, 0) is 11.2 Å². The van der Waals surface area contributed by atoms with E-state index in [4.69, 9.17) is 4.74 Å². The lowest BCUT2D eigenvalue weighted by molar-refractivity contribution is 0.148. The van der Waals surface area contributed by atoms with Crippen LogP contribution in [0.2, 0.25) is 0 Å². The first-order chi connectivity index (χ1) is 9.51. The SMILES string of the molecule is Cc1ccc(F)cc1CC1(CNCC(C)C)CCOC1. The fraction of sp³-hybridized carbons (Fsp3) is 0.647. The molecule has 2 nitrogen and oxygen atoms in total. The van der Waals surface area contributed by atoms with Crippen LogP contribution in [-0.4, -0.2) is 26.3 Å². The molecule has 2 rings (SSSR count). The van der Waals surface area contributed by atoms with Gasteiger partial charge in [-0.1, -0.05) is 19.9 Å². The quantitative estimate of drug-likeness (QED) is 0.862. The summed E-state index contributed by atoms with van der Waals surface area (Å²) in [5, 5.41) is 3.55. The van der Waals surface area contributed by atoms with Crippen LogP contribution in [0.25, 0.3) is 0 Å². The third kappa shape index (κ3) is 4.03. The van der Waals surface area contributed by atoms with Gasteiger partial charge in [0.05, 0.1) is 6.61 Å². The summed E-state index contributed by atoms with van der Waals surface area (Å²) in [6.07, 6.45) is 1.94. The van der Waals surface area contributed by atoms with E-state index in [0.29, 0.717) is 5.92 Å². The highest BCUT2D eigenvalue weighted by Crippen LogP contribution is 2.33. The van der Waals surface area contributed by atoms with E-state index in [9.17, 15) is 4.39 Å². The molecule has 0 bridgehead atoms. The molecule has 1 N–H and O–H groups in total. The van der Waals surface area contributed by atoms with Gasteiger partial charge in [-0.15, -0.1) is 0 Å². The zero-order valence-corrected chi connectivity index (χ0v) is 12.8. The van der Waals surface area contributed by atoms with Crippen LogP contribution in [0.3, 0.4) is 0 Å². The first kappa shape index (κ1) is 15.5. The smallest absolute Gasteiger partial charge is 0.123 e. The van der Waals surface area contributed by atoms with E-state index in [1.54, 1.807) is 6.07 Å². The molecule has 1 atom stereocenters. The Hall–Kier alpha value is -0.930. The van der Waals surface area contributed by atoms with Crippen LogP contribution in [0.1, 0.15) is 31.4 Å². The Kier molecular flexibility index (Phi) is 5.17. The minimum Gasteiger partial charge on any atom is -0.381 e. The summed E-state index contributed by atoms with van der Waals surface area (Å²) in [4.78, 5) is 0. The third-order valence-corrected chi connectivity index (χ3v) is 4.11. The summed E-state index contributed by atoms with van der Waals surface area (Å²) in [6, 6.07) is 5.08. The molecular weight excluding hydrogens is 253 g/mol. The Labute approximate surface area is 121 Å². The van der Waals surface area contributed by atoms with Crippen LogP contribution in [0, 0.1) is 24.1 Å². The van der Waals surface area contributed by atoms with Crippen LogP contribution in [0.15, 0.2) is 18.2 Å². The van der Waals surface area contributed by atoms with Crippen molar-refractivity contribution in [2.45, 2.75) is 33.6 Å². The van der Waals surface area contributed by atoms with Gasteiger partial charge in [0.15, 0.2) is 0 Å². The first-order valence-corrected chi connectivity index (χ1v) is 7.54. The molecular formula is C17H26FNO. The second-order valence-electron chi connectivity index (χ2n) is 6.57. The highest BCUT2D eigenvalue weighted by Gasteiger charge is 2.35. The monoisotopic (exact) mass is 279 g/mol. The molecule has 1 aromatic rings. The number of hydrogen-bond acceptors (Lipinski definition) is 2. The van der Waals surface area contributed by atoms with E-state index in [1.807, 2.05) is 6.07 Å². The van der Waals surface area contributed by atoms with Crippen molar-refractivity contribution in [3.05, 3.63) is 35.1 Å². The lowest BCUT2D eigenvalue weighted by atomic mass is 9.79. The van der Waals surface area contributed by atoms with Crippen LogP contribution in [0.4, 0.5) is 4.39 Å². The summed E-state index contributed by atoms with van der Waals surface area (Å²) in [7, 11) is 0. The van der Waals surface area contributed by atoms with Crippen molar-refractivity contribution in [1.29, 1.82) is 0 Å². The molecule has 0 spiro atoms. The van der Waals surface area contributed by atoms with Gasteiger partial charge in [0, 0.05) is 18.6 Å². The van der Waals surface area contributed by atoms with Crippen molar-refractivity contribution in [3.8, 4) is 0 Å². The molecule has 0 aromatic heterocycles. The summed E-state index contributed by atoms with van der Waals surface area (Å²) < 4.78 is 19.1. The van der Waals surface area contributed by atoms with Crippen molar-refractivity contribution in [2.75, 3.05) is 26.3 Å². The minimum atomic E-state index is -0.144. The van der Waals surface area contributed by atoms with Crippen molar-refractivity contribution in [1.82, 2.24) is 5.32 Å². The molecule has 1 aliphatic heterocycles. The Morgan fingerprint density at radius 3 is 2.85 bits per heavy atom. The molecule has 20 heavy (non-hydrogen) atoms. The van der Waals surface area contributed by atoms with Crippen molar-refractivity contribution < 1.29 is 9.13 Å². The molecule has 112 valence electrons. The number of aryl methyl sites for hydroxylation is 1. The topological polar surface area (TPSA) is 21.3 Å². The van der Waals surface area contributed by atoms with Crippen molar-refractivity contribution in [3.63, 3.8) is 0 Å². The Morgan fingerprint density at radius 2 is 2.20 bits per heavy atom. The molecule has 0 saturated carbocycles. The standard InChI is InChI=1S/C17H26FNO/c1-13(2)10-19-11-17(6-7-20-12-17)9-15-8-16(18)5-4-14(15)3/h4-5,8,13,19H,6-7,9-12H2,1-3H3. The molecule has 1 aromatic carbocycles. The largest absolute Gasteiger partial charge is 0.381 e. The second-order valence-corrected chi connectivity index (χ2v) is 6.57. The number of hydrogen-bond donors (Lipinski definition) is 1. The van der Waals surface area contributed by atoms with Gasteiger partial charge in [-0.3, -0.25) is 0 Å². The van der Waals surface area contributed by atoms with Crippen LogP contribution < -0.4 is 5.32 Å². The predicted molar refractivity (Wildman–Crippen MR) is 80.4 cm³/mol. The molecule has 1 saturated heterocycles. The highest BCUT2D eigenvalue weighted by molar-refractivity contribution is 5.28. The first-order valence-electron chi connectivity index (χ1n) is 7.54. The highest BCUT2D eigenvalue weighted by atomic mass is 19.1. The number of benzene rings is 1. The molecule has 1 aliphatic rings. The maximum atomic E-state index is 13.5. The van der Waals surface area contributed by atoms with E-state index in [2.05, 4.69) is 26.1 Å². The summed E-state index contributed by atoms with van der Waals surface area (Å²) in [5.41, 5.74) is 2.40. The average molecular weight is 279 g/mol.